The van der Waals surface area contributed by atoms with Gasteiger partial charge in [0.1, 0.15) is 4.88 Å². The molecule has 1 fully saturated rings. The van der Waals surface area contributed by atoms with E-state index < -0.39 is 5.97 Å². The summed E-state index contributed by atoms with van der Waals surface area (Å²) in [5.41, 5.74) is 0.748. The number of rotatable bonds is 4. The molecule has 0 aliphatic carbocycles. The van der Waals surface area contributed by atoms with Crippen LogP contribution < -0.4 is 0 Å². The topological polar surface area (TPSA) is 70.5 Å². The van der Waals surface area contributed by atoms with Crippen molar-refractivity contribution in [2.75, 3.05) is 13.1 Å². The average Bonchev–Trinajstić information content (AvgIpc) is 2.87. The maximum Gasteiger partial charge on any atom is 0.303 e. The zero-order valence-corrected chi connectivity index (χ0v) is 15.2. The van der Waals surface area contributed by atoms with Gasteiger partial charge in [-0.15, -0.1) is 11.3 Å². The number of likely N-dealkylation sites (tertiary alicyclic amines) is 1. The number of aromatic nitrogens is 1. The van der Waals surface area contributed by atoms with Crippen molar-refractivity contribution in [2.24, 2.45) is 5.92 Å². The molecular weight excluding hydrogens is 312 g/mol. The van der Waals surface area contributed by atoms with Crippen molar-refractivity contribution in [3.8, 4) is 0 Å². The van der Waals surface area contributed by atoms with Gasteiger partial charge in [-0.3, -0.25) is 9.59 Å². The van der Waals surface area contributed by atoms with Crippen LogP contribution in [0.4, 0.5) is 0 Å². The normalized spacial score (nSPS) is 19.0. The van der Waals surface area contributed by atoms with Crippen LogP contribution in [0, 0.1) is 12.8 Å². The third-order valence-electron chi connectivity index (χ3n) is 4.21. The second-order valence-corrected chi connectivity index (χ2v) is 8.37. The molecule has 128 valence electrons. The summed E-state index contributed by atoms with van der Waals surface area (Å²) in [7, 11) is 0. The summed E-state index contributed by atoms with van der Waals surface area (Å²) in [6.07, 6.45) is 2.78. The van der Waals surface area contributed by atoms with Crippen LogP contribution in [-0.4, -0.2) is 40.0 Å². The van der Waals surface area contributed by atoms with E-state index in [1.165, 1.54) is 11.3 Å². The van der Waals surface area contributed by atoms with Gasteiger partial charge in [0.05, 0.1) is 10.7 Å². The fourth-order valence-corrected chi connectivity index (χ4v) is 3.96. The van der Waals surface area contributed by atoms with Gasteiger partial charge >= 0.3 is 5.97 Å². The molecule has 0 bridgehead atoms. The molecule has 0 radical (unpaired) electrons. The third kappa shape index (κ3) is 4.53. The molecule has 1 amide bonds. The van der Waals surface area contributed by atoms with Gasteiger partial charge in [0.25, 0.3) is 5.91 Å². The highest BCUT2D eigenvalue weighted by Crippen LogP contribution is 2.31. The Balaban J connectivity index is 2.08. The molecule has 0 spiro atoms. The second kappa shape index (κ2) is 6.99. The van der Waals surface area contributed by atoms with Gasteiger partial charge in [-0.05, 0) is 32.1 Å². The predicted molar refractivity (Wildman–Crippen MR) is 91.0 cm³/mol. The van der Waals surface area contributed by atoms with E-state index >= 15 is 0 Å². The standard InChI is InChI=1S/C17H26N2O3S/c1-11-14(23-16(18-11)17(2,3)4)15(22)19-9-5-6-12(10-19)7-8-13(20)21/h12H,5-10H2,1-4H3,(H,20,21). The minimum Gasteiger partial charge on any atom is -0.481 e. The first-order valence-electron chi connectivity index (χ1n) is 8.17. The molecule has 2 heterocycles. The summed E-state index contributed by atoms with van der Waals surface area (Å²) in [6.45, 7) is 9.61. The number of carboxylic acids is 1. The van der Waals surface area contributed by atoms with Crippen LogP contribution in [0.3, 0.4) is 0 Å². The SMILES string of the molecule is Cc1nc(C(C)(C)C)sc1C(=O)N1CCCC(CCC(=O)O)C1. The van der Waals surface area contributed by atoms with E-state index in [-0.39, 0.29) is 17.7 Å². The Bertz CT molecular complexity index is 589. The molecule has 1 aromatic heterocycles. The Hall–Kier alpha value is -1.43. The van der Waals surface area contributed by atoms with E-state index in [0.29, 0.717) is 18.9 Å². The Labute approximate surface area is 141 Å². The van der Waals surface area contributed by atoms with Crippen LogP contribution in [0.25, 0.3) is 0 Å². The van der Waals surface area contributed by atoms with Gasteiger partial charge in [-0.25, -0.2) is 4.98 Å². The highest BCUT2D eigenvalue weighted by molar-refractivity contribution is 7.14. The zero-order chi connectivity index (χ0) is 17.2. The number of carbonyl (C=O) groups is 2. The summed E-state index contributed by atoms with van der Waals surface area (Å²) in [4.78, 5) is 30.7. The summed E-state index contributed by atoms with van der Waals surface area (Å²) < 4.78 is 0. The molecule has 0 aromatic carbocycles. The smallest absolute Gasteiger partial charge is 0.303 e. The van der Waals surface area contributed by atoms with Gasteiger partial charge < -0.3 is 10.0 Å². The summed E-state index contributed by atoms with van der Waals surface area (Å²) in [5.74, 6) is -0.420. The van der Waals surface area contributed by atoms with Crippen LogP contribution in [0.5, 0.6) is 0 Å². The number of piperidine rings is 1. The number of carbonyl (C=O) groups excluding carboxylic acids is 1. The number of carboxylic acid groups (broad SMARTS) is 1. The number of aryl methyl sites for hydroxylation is 1. The molecule has 1 atom stereocenters. The lowest BCUT2D eigenvalue weighted by molar-refractivity contribution is -0.137. The van der Waals surface area contributed by atoms with E-state index in [0.717, 1.165) is 35.0 Å². The van der Waals surface area contributed by atoms with E-state index in [2.05, 4.69) is 25.8 Å². The van der Waals surface area contributed by atoms with Crippen molar-refractivity contribution in [2.45, 2.75) is 58.8 Å². The Morgan fingerprint density at radius 1 is 1.39 bits per heavy atom. The van der Waals surface area contributed by atoms with Crippen molar-refractivity contribution in [1.82, 2.24) is 9.88 Å². The number of thiazole rings is 1. The first-order valence-corrected chi connectivity index (χ1v) is 8.99. The van der Waals surface area contributed by atoms with Gasteiger partial charge in [-0.2, -0.15) is 0 Å². The molecule has 1 unspecified atom stereocenters. The van der Waals surface area contributed by atoms with Gasteiger partial charge in [-0.1, -0.05) is 20.8 Å². The highest BCUT2D eigenvalue weighted by atomic mass is 32.1. The summed E-state index contributed by atoms with van der Waals surface area (Å²) >= 11 is 1.49. The van der Waals surface area contributed by atoms with Gasteiger partial charge in [0, 0.05) is 24.9 Å². The molecule has 1 N–H and O–H groups in total. The van der Waals surface area contributed by atoms with Crippen molar-refractivity contribution in [1.29, 1.82) is 0 Å². The Kier molecular flexibility index (Phi) is 5.45. The molecule has 5 nitrogen and oxygen atoms in total. The molecule has 2 rings (SSSR count). The lowest BCUT2D eigenvalue weighted by Crippen LogP contribution is -2.40. The maximum atomic E-state index is 12.8. The molecular formula is C17H26N2O3S. The number of aliphatic carboxylic acids is 1. The third-order valence-corrected chi connectivity index (χ3v) is 5.78. The summed E-state index contributed by atoms with van der Waals surface area (Å²) in [6, 6.07) is 0. The number of nitrogens with zero attached hydrogens (tertiary/aromatic N) is 2. The number of hydrogen-bond donors (Lipinski definition) is 1. The largest absolute Gasteiger partial charge is 0.481 e. The Morgan fingerprint density at radius 3 is 2.65 bits per heavy atom. The van der Waals surface area contributed by atoms with Crippen molar-refractivity contribution >= 4 is 23.2 Å². The molecule has 0 saturated carbocycles. The fourth-order valence-electron chi connectivity index (χ4n) is 2.87. The summed E-state index contributed by atoms with van der Waals surface area (Å²) in [5, 5.41) is 9.81. The molecule has 6 heteroatoms. The molecule has 23 heavy (non-hydrogen) atoms. The highest BCUT2D eigenvalue weighted by Gasteiger charge is 2.29. The average molecular weight is 338 g/mol. The Morgan fingerprint density at radius 2 is 2.09 bits per heavy atom. The van der Waals surface area contributed by atoms with Crippen molar-refractivity contribution in [3.63, 3.8) is 0 Å². The molecule has 1 aliphatic rings. The van der Waals surface area contributed by atoms with Crippen LogP contribution in [-0.2, 0) is 10.2 Å². The molecule has 1 saturated heterocycles. The lowest BCUT2D eigenvalue weighted by Gasteiger charge is -2.32. The number of amides is 1. The minimum atomic E-state index is -0.762. The second-order valence-electron chi connectivity index (χ2n) is 7.38. The minimum absolute atomic E-state index is 0.0514. The van der Waals surface area contributed by atoms with Crippen LogP contribution in [0.15, 0.2) is 0 Å². The monoisotopic (exact) mass is 338 g/mol. The maximum absolute atomic E-state index is 12.8. The van der Waals surface area contributed by atoms with E-state index in [4.69, 9.17) is 5.11 Å². The number of hydrogen-bond acceptors (Lipinski definition) is 4. The van der Waals surface area contributed by atoms with E-state index in [1.54, 1.807) is 0 Å². The zero-order valence-electron chi connectivity index (χ0n) is 14.4. The molecule has 1 aromatic rings. The van der Waals surface area contributed by atoms with Crippen LogP contribution in [0.2, 0.25) is 0 Å². The quantitative estimate of drug-likeness (QED) is 0.912. The molecule has 1 aliphatic heterocycles. The van der Waals surface area contributed by atoms with Crippen LogP contribution >= 0.6 is 11.3 Å². The van der Waals surface area contributed by atoms with Gasteiger partial charge in [0.2, 0.25) is 0 Å². The first kappa shape index (κ1) is 17.9. The van der Waals surface area contributed by atoms with Crippen molar-refractivity contribution < 1.29 is 14.7 Å². The van der Waals surface area contributed by atoms with Gasteiger partial charge in [0.15, 0.2) is 0 Å². The van der Waals surface area contributed by atoms with Crippen LogP contribution in [0.1, 0.15) is 66.8 Å². The lowest BCUT2D eigenvalue weighted by atomic mass is 9.93. The van der Waals surface area contributed by atoms with Crippen molar-refractivity contribution in [3.05, 3.63) is 15.6 Å². The van der Waals surface area contributed by atoms with E-state index in [1.807, 2.05) is 11.8 Å². The van der Waals surface area contributed by atoms with E-state index in [9.17, 15) is 9.59 Å². The fraction of sp³-hybridized carbons (Fsp3) is 0.706. The first-order chi connectivity index (χ1) is 10.7. The predicted octanol–water partition coefficient (Wildman–Crippen LogP) is 3.47.